The van der Waals surface area contributed by atoms with Gasteiger partial charge in [-0.2, -0.15) is 0 Å². The average molecular weight is 905 g/mol. The summed E-state index contributed by atoms with van der Waals surface area (Å²) < 4.78 is 8.82. The van der Waals surface area contributed by atoms with Gasteiger partial charge in [-0.15, -0.1) is 0 Å². The van der Waals surface area contributed by atoms with Crippen molar-refractivity contribution in [1.82, 2.24) is 4.57 Å². The molecule has 0 radical (unpaired) electrons. The van der Waals surface area contributed by atoms with Crippen LogP contribution in [-0.4, -0.2) is 4.57 Å². The summed E-state index contributed by atoms with van der Waals surface area (Å²) >= 11 is 0. The minimum Gasteiger partial charge on any atom is -0.456 e. The van der Waals surface area contributed by atoms with Gasteiger partial charge in [0.25, 0.3) is 0 Å². The second-order valence-electron chi connectivity index (χ2n) is 18.4. The first-order chi connectivity index (χ1) is 35.2. The zero-order valence-electron chi connectivity index (χ0n) is 38.7. The highest BCUT2D eigenvalue weighted by Crippen LogP contribution is 2.46. The Morgan fingerprint density at radius 3 is 1.46 bits per heavy atom. The predicted molar refractivity (Wildman–Crippen MR) is 299 cm³/mol. The van der Waals surface area contributed by atoms with E-state index < -0.39 is 0 Å². The molecule has 0 bridgehead atoms. The Balaban J connectivity index is 0.862. The predicted octanol–water partition coefficient (Wildman–Crippen LogP) is 19.1. The van der Waals surface area contributed by atoms with Gasteiger partial charge in [-0.3, -0.25) is 0 Å². The lowest BCUT2D eigenvalue weighted by molar-refractivity contribution is 0.669. The zero-order valence-corrected chi connectivity index (χ0v) is 38.7. The van der Waals surface area contributed by atoms with E-state index in [0.29, 0.717) is 0 Å². The summed E-state index contributed by atoms with van der Waals surface area (Å²) in [6.07, 6.45) is 0. The molecule has 0 saturated heterocycles. The molecule has 71 heavy (non-hydrogen) atoms. The van der Waals surface area contributed by atoms with E-state index in [1.165, 1.54) is 54.5 Å². The standard InChI is InChI=1S/C68H44N2O/c1-2-17-55-47(14-1)28-29-50-43-51(34-40-56(50)55)57-18-3-8-23-63(57)69(64-24-9-4-19-58(64)52-35-41-62-61-22-7-12-27-67(61)71-68(62)44-52)53-36-30-45(31-37-53)48-15-13-16-49(42-48)46-32-38-54(39-33-46)70-65-25-10-5-20-59(65)60-21-6-11-26-66(60)70/h1-44H. The number of hydrogen-bond acceptors (Lipinski definition) is 2. The van der Waals surface area contributed by atoms with Gasteiger partial charge in [-0.05, 0) is 134 Å². The van der Waals surface area contributed by atoms with Crippen LogP contribution in [0, 0.1) is 0 Å². The van der Waals surface area contributed by atoms with Crippen LogP contribution >= 0.6 is 0 Å². The van der Waals surface area contributed by atoms with Crippen molar-refractivity contribution < 1.29 is 4.42 Å². The zero-order chi connectivity index (χ0) is 46.8. The van der Waals surface area contributed by atoms with Crippen LogP contribution < -0.4 is 4.90 Å². The normalized spacial score (nSPS) is 11.7. The summed E-state index contributed by atoms with van der Waals surface area (Å²) in [6.45, 7) is 0. The van der Waals surface area contributed by atoms with Crippen molar-refractivity contribution >= 4 is 82.4 Å². The lowest BCUT2D eigenvalue weighted by atomic mass is 9.95. The quantitative estimate of drug-likeness (QED) is 0.142. The first-order valence-electron chi connectivity index (χ1n) is 24.3. The fourth-order valence-corrected chi connectivity index (χ4v) is 11.0. The Morgan fingerprint density at radius 2 is 0.775 bits per heavy atom. The Hall–Kier alpha value is -9.44. The Morgan fingerprint density at radius 1 is 0.282 bits per heavy atom. The van der Waals surface area contributed by atoms with Crippen molar-refractivity contribution in [3.05, 3.63) is 267 Å². The molecule has 0 saturated carbocycles. The first-order valence-corrected chi connectivity index (χ1v) is 24.3. The summed E-state index contributed by atoms with van der Waals surface area (Å²) in [5, 5.41) is 9.75. The SMILES string of the molecule is c1cc(-c2ccc(N(c3ccccc3-c3ccc4c(ccc5ccccc54)c3)c3ccccc3-c3ccc4c(c3)oc3ccccc34)cc2)cc(-c2ccc(-n3c4ccccc4c4ccccc43)cc2)c1. The van der Waals surface area contributed by atoms with Gasteiger partial charge in [0.15, 0.2) is 0 Å². The summed E-state index contributed by atoms with van der Waals surface area (Å²) in [5.74, 6) is 0. The van der Waals surface area contributed by atoms with E-state index in [2.05, 4.69) is 264 Å². The van der Waals surface area contributed by atoms with Crippen LogP contribution in [0.1, 0.15) is 0 Å². The van der Waals surface area contributed by atoms with Gasteiger partial charge in [0.05, 0.1) is 22.4 Å². The van der Waals surface area contributed by atoms with Gasteiger partial charge >= 0.3 is 0 Å². The molecule has 0 aliphatic heterocycles. The number of rotatable bonds is 8. The maximum Gasteiger partial charge on any atom is 0.136 e. The Labute approximate surface area is 411 Å². The number of benzene rings is 12. The number of furan rings is 1. The van der Waals surface area contributed by atoms with Gasteiger partial charge < -0.3 is 13.9 Å². The van der Waals surface area contributed by atoms with E-state index in [-0.39, 0.29) is 0 Å². The first kappa shape index (κ1) is 40.6. The molecule has 14 rings (SSSR count). The van der Waals surface area contributed by atoms with Crippen LogP contribution in [0.5, 0.6) is 0 Å². The average Bonchev–Trinajstić information content (AvgIpc) is 3.99. The minimum atomic E-state index is 0.875. The third kappa shape index (κ3) is 6.89. The molecular weight excluding hydrogens is 861 g/mol. The topological polar surface area (TPSA) is 21.3 Å². The fourth-order valence-electron chi connectivity index (χ4n) is 11.0. The Bertz CT molecular complexity index is 4290. The van der Waals surface area contributed by atoms with Crippen LogP contribution in [-0.2, 0) is 0 Å². The number of para-hydroxylation sites is 5. The van der Waals surface area contributed by atoms with Crippen LogP contribution in [0.2, 0.25) is 0 Å². The summed E-state index contributed by atoms with van der Waals surface area (Å²) in [7, 11) is 0. The summed E-state index contributed by atoms with van der Waals surface area (Å²) in [4.78, 5) is 2.43. The molecule has 0 atom stereocenters. The summed E-state index contributed by atoms with van der Waals surface area (Å²) in [5.41, 5.74) is 17.7. The molecule has 0 spiro atoms. The molecule has 332 valence electrons. The molecule has 2 heterocycles. The van der Waals surface area contributed by atoms with Crippen LogP contribution in [0.4, 0.5) is 17.1 Å². The highest BCUT2D eigenvalue weighted by molar-refractivity contribution is 6.11. The van der Waals surface area contributed by atoms with Crippen molar-refractivity contribution in [3.63, 3.8) is 0 Å². The molecule has 0 aliphatic rings. The van der Waals surface area contributed by atoms with E-state index in [4.69, 9.17) is 4.42 Å². The fraction of sp³-hybridized carbons (Fsp3) is 0. The minimum absolute atomic E-state index is 0.875. The number of fused-ring (bicyclic) bond motifs is 9. The highest BCUT2D eigenvalue weighted by Gasteiger charge is 2.22. The lowest BCUT2D eigenvalue weighted by Gasteiger charge is -2.30. The van der Waals surface area contributed by atoms with Gasteiger partial charge in [0.1, 0.15) is 11.2 Å². The van der Waals surface area contributed by atoms with Crippen molar-refractivity contribution in [1.29, 1.82) is 0 Å². The monoisotopic (exact) mass is 904 g/mol. The maximum absolute atomic E-state index is 6.45. The van der Waals surface area contributed by atoms with E-state index in [1.807, 2.05) is 12.1 Å². The van der Waals surface area contributed by atoms with Crippen LogP contribution in [0.15, 0.2) is 271 Å². The second-order valence-corrected chi connectivity index (χ2v) is 18.4. The Kier molecular flexibility index (Phi) is 9.53. The molecule has 0 N–H and O–H groups in total. The van der Waals surface area contributed by atoms with Crippen molar-refractivity contribution in [2.75, 3.05) is 4.90 Å². The largest absolute Gasteiger partial charge is 0.456 e. The smallest absolute Gasteiger partial charge is 0.136 e. The maximum atomic E-state index is 6.45. The van der Waals surface area contributed by atoms with E-state index in [0.717, 1.165) is 78.1 Å². The van der Waals surface area contributed by atoms with Crippen LogP contribution in [0.25, 0.3) is 115 Å². The molecule has 0 aliphatic carbocycles. The molecule has 3 nitrogen and oxygen atoms in total. The number of nitrogens with zero attached hydrogens (tertiary/aromatic N) is 2. The van der Waals surface area contributed by atoms with E-state index in [1.54, 1.807) is 0 Å². The van der Waals surface area contributed by atoms with Gasteiger partial charge in [-0.1, -0.05) is 188 Å². The van der Waals surface area contributed by atoms with Gasteiger partial charge in [0.2, 0.25) is 0 Å². The molecule has 12 aromatic carbocycles. The number of anilines is 3. The third-order valence-electron chi connectivity index (χ3n) is 14.4. The lowest BCUT2D eigenvalue weighted by Crippen LogP contribution is -2.12. The number of aromatic nitrogens is 1. The van der Waals surface area contributed by atoms with Gasteiger partial charge in [-0.25, -0.2) is 0 Å². The van der Waals surface area contributed by atoms with Crippen molar-refractivity contribution in [2.24, 2.45) is 0 Å². The van der Waals surface area contributed by atoms with Gasteiger partial charge in [0, 0.05) is 44.0 Å². The molecular formula is C68H44N2O. The molecule has 0 unspecified atom stereocenters. The number of hydrogen-bond donors (Lipinski definition) is 0. The van der Waals surface area contributed by atoms with Crippen LogP contribution in [0.3, 0.4) is 0 Å². The van der Waals surface area contributed by atoms with E-state index >= 15 is 0 Å². The third-order valence-corrected chi connectivity index (χ3v) is 14.4. The van der Waals surface area contributed by atoms with E-state index in [9.17, 15) is 0 Å². The van der Waals surface area contributed by atoms with Crippen molar-refractivity contribution in [3.8, 4) is 50.2 Å². The second kappa shape index (κ2) is 16.7. The van der Waals surface area contributed by atoms with Crippen molar-refractivity contribution in [2.45, 2.75) is 0 Å². The molecule has 3 heteroatoms. The highest BCUT2D eigenvalue weighted by atomic mass is 16.3. The molecule has 14 aromatic rings. The summed E-state index contributed by atoms with van der Waals surface area (Å²) in [6, 6.07) is 96.8. The molecule has 0 amide bonds. The molecule has 2 aromatic heterocycles. The molecule has 0 fully saturated rings.